The number of pyridine rings is 1. The molecule has 2 atom stereocenters. The first-order valence-corrected chi connectivity index (χ1v) is 6.25. The lowest BCUT2D eigenvalue weighted by molar-refractivity contribution is 0.105. The first-order chi connectivity index (χ1) is 8.27. The van der Waals surface area contributed by atoms with Crippen LogP contribution in [0.2, 0.25) is 0 Å². The Morgan fingerprint density at radius 1 is 1.53 bits per heavy atom. The van der Waals surface area contributed by atoms with Crippen molar-refractivity contribution in [1.82, 2.24) is 9.88 Å². The van der Waals surface area contributed by atoms with Gasteiger partial charge in [-0.1, -0.05) is 6.07 Å². The van der Waals surface area contributed by atoms with Gasteiger partial charge in [-0.3, -0.25) is 4.79 Å². The van der Waals surface area contributed by atoms with Crippen LogP contribution < -0.4 is 10.9 Å². The SMILES string of the molecule is CC1OCCC1CNCCn1ccccc1=O. The molecule has 17 heavy (non-hydrogen) atoms. The molecule has 1 N–H and O–H groups in total. The monoisotopic (exact) mass is 236 g/mol. The van der Waals surface area contributed by atoms with Crippen molar-refractivity contribution in [2.45, 2.75) is 26.0 Å². The summed E-state index contributed by atoms with van der Waals surface area (Å²) in [6, 6.07) is 5.24. The second-order valence-electron chi connectivity index (χ2n) is 4.56. The molecule has 1 aromatic heterocycles. The molecule has 0 bridgehead atoms. The fourth-order valence-electron chi connectivity index (χ4n) is 2.18. The van der Waals surface area contributed by atoms with Gasteiger partial charge in [0.25, 0.3) is 5.56 Å². The molecular weight excluding hydrogens is 216 g/mol. The average Bonchev–Trinajstić information content (AvgIpc) is 2.73. The van der Waals surface area contributed by atoms with Gasteiger partial charge in [0.2, 0.25) is 0 Å². The zero-order chi connectivity index (χ0) is 12.1. The topological polar surface area (TPSA) is 43.3 Å². The summed E-state index contributed by atoms with van der Waals surface area (Å²) in [5.74, 6) is 0.613. The van der Waals surface area contributed by atoms with Crippen molar-refractivity contribution >= 4 is 0 Å². The Morgan fingerprint density at radius 3 is 3.12 bits per heavy atom. The number of nitrogens with one attached hydrogen (secondary N) is 1. The summed E-state index contributed by atoms with van der Waals surface area (Å²) in [5, 5.41) is 3.39. The Labute approximate surface area is 102 Å². The number of nitrogens with zero attached hydrogens (tertiary/aromatic N) is 1. The molecule has 4 heteroatoms. The van der Waals surface area contributed by atoms with Crippen LogP contribution in [0.5, 0.6) is 0 Å². The van der Waals surface area contributed by atoms with E-state index >= 15 is 0 Å². The predicted molar refractivity (Wildman–Crippen MR) is 67.1 cm³/mol. The van der Waals surface area contributed by atoms with E-state index < -0.39 is 0 Å². The predicted octanol–water partition coefficient (Wildman–Crippen LogP) is 0.863. The van der Waals surface area contributed by atoms with Crippen LogP contribution in [0.1, 0.15) is 13.3 Å². The largest absolute Gasteiger partial charge is 0.378 e. The average molecular weight is 236 g/mol. The summed E-state index contributed by atoms with van der Waals surface area (Å²) in [7, 11) is 0. The van der Waals surface area contributed by atoms with E-state index in [-0.39, 0.29) is 5.56 Å². The highest BCUT2D eigenvalue weighted by Crippen LogP contribution is 2.18. The van der Waals surface area contributed by atoms with Gasteiger partial charge in [0.1, 0.15) is 0 Å². The Hall–Kier alpha value is -1.13. The summed E-state index contributed by atoms with van der Waals surface area (Å²) in [6.07, 6.45) is 3.33. The summed E-state index contributed by atoms with van der Waals surface area (Å²) in [5.41, 5.74) is 0.0619. The molecule has 1 aliphatic rings. The second kappa shape index (κ2) is 5.98. The van der Waals surface area contributed by atoms with Crippen molar-refractivity contribution in [1.29, 1.82) is 0 Å². The van der Waals surface area contributed by atoms with Gasteiger partial charge in [-0.2, -0.15) is 0 Å². The highest BCUT2D eigenvalue weighted by atomic mass is 16.5. The molecular formula is C13H20N2O2. The summed E-state index contributed by atoms with van der Waals surface area (Å²) < 4.78 is 7.23. The molecule has 94 valence electrons. The number of hydrogen-bond donors (Lipinski definition) is 1. The van der Waals surface area contributed by atoms with Gasteiger partial charge in [-0.25, -0.2) is 0 Å². The van der Waals surface area contributed by atoms with Crippen LogP contribution in [0.4, 0.5) is 0 Å². The quantitative estimate of drug-likeness (QED) is 0.771. The molecule has 0 radical (unpaired) electrons. The molecule has 1 aliphatic heterocycles. The van der Waals surface area contributed by atoms with Crippen molar-refractivity contribution in [3.8, 4) is 0 Å². The number of hydrogen-bond acceptors (Lipinski definition) is 3. The van der Waals surface area contributed by atoms with Crippen molar-refractivity contribution < 1.29 is 4.74 Å². The maximum Gasteiger partial charge on any atom is 0.250 e. The van der Waals surface area contributed by atoms with Crippen LogP contribution in [0.3, 0.4) is 0 Å². The summed E-state index contributed by atoms with van der Waals surface area (Å²) in [4.78, 5) is 11.4. The number of ether oxygens (including phenoxy) is 1. The van der Waals surface area contributed by atoms with Gasteiger partial charge in [0, 0.05) is 38.5 Å². The van der Waals surface area contributed by atoms with Crippen molar-refractivity contribution in [2.75, 3.05) is 19.7 Å². The molecule has 0 aliphatic carbocycles. The van der Waals surface area contributed by atoms with Gasteiger partial charge in [-0.05, 0) is 25.3 Å². The Kier molecular flexibility index (Phi) is 4.34. The second-order valence-corrected chi connectivity index (χ2v) is 4.56. The Bertz CT molecular complexity index is 402. The molecule has 2 heterocycles. The van der Waals surface area contributed by atoms with Crippen LogP contribution in [0.15, 0.2) is 29.2 Å². The van der Waals surface area contributed by atoms with Gasteiger partial charge in [-0.15, -0.1) is 0 Å². The van der Waals surface area contributed by atoms with Crippen molar-refractivity contribution in [3.63, 3.8) is 0 Å². The molecule has 0 saturated carbocycles. The first-order valence-electron chi connectivity index (χ1n) is 6.25. The molecule has 4 nitrogen and oxygen atoms in total. The van der Waals surface area contributed by atoms with Gasteiger partial charge in [0.15, 0.2) is 0 Å². The number of rotatable bonds is 5. The molecule has 1 aromatic rings. The number of aromatic nitrogens is 1. The summed E-state index contributed by atoms with van der Waals surface area (Å²) >= 11 is 0. The first kappa shape index (κ1) is 12.3. The van der Waals surface area contributed by atoms with E-state index in [0.717, 1.165) is 32.7 Å². The Morgan fingerprint density at radius 2 is 2.41 bits per heavy atom. The molecule has 2 unspecified atom stereocenters. The van der Waals surface area contributed by atoms with Crippen molar-refractivity contribution in [2.24, 2.45) is 5.92 Å². The van der Waals surface area contributed by atoms with Crippen LogP contribution in [0.25, 0.3) is 0 Å². The lowest BCUT2D eigenvalue weighted by atomic mass is 10.0. The Balaban J connectivity index is 1.70. The minimum Gasteiger partial charge on any atom is -0.378 e. The van der Waals surface area contributed by atoms with E-state index in [9.17, 15) is 4.79 Å². The third-order valence-corrected chi connectivity index (χ3v) is 3.37. The van der Waals surface area contributed by atoms with Gasteiger partial charge < -0.3 is 14.6 Å². The maximum atomic E-state index is 11.4. The molecule has 1 saturated heterocycles. The van der Waals surface area contributed by atoms with Crippen LogP contribution in [-0.2, 0) is 11.3 Å². The normalized spacial score (nSPS) is 24.1. The highest BCUT2D eigenvalue weighted by Gasteiger charge is 2.23. The molecule has 1 fully saturated rings. The zero-order valence-corrected chi connectivity index (χ0v) is 10.3. The smallest absolute Gasteiger partial charge is 0.250 e. The molecule has 2 rings (SSSR count). The molecule has 0 aromatic carbocycles. The van der Waals surface area contributed by atoms with E-state index in [1.54, 1.807) is 16.7 Å². The fraction of sp³-hybridized carbons (Fsp3) is 0.615. The zero-order valence-electron chi connectivity index (χ0n) is 10.3. The van der Waals surface area contributed by atoms with E-state index in [2.05, 4.69) is 12.2 Å². The van der Waals surface area contributed by atoms with Gasteiger partial charge in [0.05, 0.1) is 6.10 Å². The van der Waals surface area contributed by atoms with E-state index in [0.29, 0.717) is 12.0 Å². The fourth-order valence-corrected chi connectivity index (χ4v) is 2.18. The van der Waals surface area contributed by atoms with Crippen LogP contribution >= 0.6 is 0 Å². The van der Waals surface area contributed by atoms with Gasteiger partial charge >= 0.3 is 0 Å². The lowest BCUT2D eigenvalue weighted by Gasteiger charge is -2.14. The summed E-state index contributed by atoms with van der Waals surface area (Å²) in [6.45, 7) is 5.53. The molecule has 0 amide bonds. The third kappa shape index (κ3) is 3.41. The van der Waals surface area contributed by atoms with Crippen molar-refractivity contribution in [3.05, 3.63) is 34.7 Å². The highest BCUT2D eigenvalue weighted by molar-refractivity contribution is 4.93. The van der Waals surface area contributed by atoms with E-state index in [1.807, 2.05) is 12.3 Å². The minimum absolute atomic E-state index is 0.0619. The molecule has 0 spiro atoms. The van der Waals surface area contributed by atoms with Crippen LogP contribution in [-0.4, -0.2) is 30.4 Å². The standard InChI is InChI=1S/C13H20N2O2/c1-11-12(5-9-17-11)10-14-6-8-15-7-3-2-4-13(15)16/h2-4,7,11-12,14H,5-6,8-10H2,1H3. The lowest BCUT2D eigenvalue weighted by Crippen LogP contribution is -2.31. The maximum absolute atomic E-state index is 11.4. The minimum atomic E-state index is 0.0619. The van der Waals surface area contributed by atoms with E-state index in [4.69, 9.17) is 4.74 Å². The third-order valence-electron chi connectivity index (χ3n) is 3.37. The van der Waals surface area contributed by atoms with Crippen LogP contribution in [0, 0.1) is 5.92 Å². The van der Waals surface area contributed by atoms with E-state index in [1.165, 1.54) is 0 Å².